The van der Waals surface area contributed by atoms with Crippen LogP contribution in [0.15, 0.2) is 60.7 Å². The summed E-state index contributed by atoms with van der Waals surface area (Å²) in [5.74, 6) is -3.85. The quantitative estimate of drug-likeness (QED) is 0.179. The van der Waals surface area contributed by atoms with Crippen LogP contribution in [-0.2, 0) is 32.0 Å². The van der Waals surface area contributed by atoms with Crippen molar-refractivity contribution in [3.05, 3.63) is 71.8 Å². The minimum absolute atomic E-state index is 0.0153. The number of hydrogen-bond acceptors (Lipinski definition) is 7. The lowest BCUT2D eigenvalue weighted by Crippen LogP contribution is -2.61. The molecule has 0 saturated heterocycles. The molecule has 0 aliphatic carbocycles. The number of nitrogens with one attached hydrogen (secondary N) is 3. The summed E-state index contributed by atoms with van der Waals surface area (Å²) >= 11 is 0. The van der Waals surface area contributed by atoms with Gasteiger partial charge >= 0.3 is 5.97 Å². The maximum Gasteiger partial charge on any atom is 0.328 e. The Balaban J connectivity index is 2.17. The molecule has 0 aliphatic heterocycles. The van der Waals surface area contributed by atoms with E-state index < -0.39 is 60.1 Å². The van der Waals surface area contributed by atoms with Crippen molar-refractivity contribution in [1.82, 2.24) is 16.0 Å². The number of carbonyl (C=O) groups is 4. The molecule has 11 heteroatoms. The number of aliphatic hydroxyl groups excluding tert-OH is 2. The van der Waals surface area contributed by atoms with Crippen LogP contribution in [0, 0.1) is 0 Å². The van der Waals surface area contributed by atoms with E-state index in [0.717, 1.165) is 5.56 Å². The summed E-state index contributed by atoms with van der Waals surface area (Å²) < 4.78 is 0. The summed E-state index contributed by atoms with van der Waals surface area (Å²) in [5.41, 5.74) is 7.47. The number of aliphatic carboxylic acids is 1. The second kappa shape index (κ2) is 14.1. The Hall–Kier alpha value is -3.80. The first kappa shape index (κ1) is 29.4. The molecule has 37 heavy (non-hydrogen) atoms. The Labute approximate surface area is 215 Å². The van der Waals surface area contributed by atoms with Gasteiger partial charge in [0.05, 0.1) is 18.2 Å². The van der Waals surface area contributed by atoms with Crippen LogP contribution in [0.5, 0.6) is 0 Å². The van der Waals surface area contributed by atoms with Crippen molar-refractivity contribution in [2.75, 3.05) is 0 Å². The highest BCUT2D eigenvalue weighted by molar-refractivity contribution is 5.94. The maximum absolute atomic E-state index is 13.1. The van der Waals surface area contributed by atoms with E-state index in [1.807, 2.05) is 6.07 Å². The topological polar surface area (TPSA) is 191 Å². The second-order valence-electron chi connectivity index (χ2n) is 8.84. The second-order valence-corrected chi connectivity index (χ2v) is 8.84. The van der Waals surface area contributed by atoms with Gasteiger partial charge in [-0.15, -0.1) is 0 Å². The fourth-order valence-electron chi connectivity index (χ4n) is 3.59. The van der Waals surface area contributed by atoms with Gasteiger partial charge in [0.25, 0.3) is 0 Å². The molecule has 0 saturated carbocycles. The van der Waals surface area contributed by atoms with E-state index in [1.54, 1.807) is 54.6 Å². The van der Waals surface area contributed by atoms with Gasteiger partial charge < -0.3 is 37.0 Å². The Morgan fingerprint density at radius 2 is 1.16 bits per heavy atom. The molecule has 0 radical (unpaired) electrons. The van der Waals surface area contributed by atoms with Crippen LogP contribution in [0.1, 0.15) is 25.0 Å². The van der Waals surface area contributed by atoms with E-state index in [2.05, 4.69) is 16.0 Å². The number of benzene rings is 2. The van der Waals surface area contributed by atoms with Gasteiger partial charge in [-0.2, -0.15) is 0 Å². The summed E-state index contributed by atoms with van der Waals surface area (Å²) in [5, 5.41) is 36.4. The molecule has 200 valence electrons. The molecule has 2 aromatic rings. The van der Waals surface area contributed by atoms with Crippen LogP contribution < -0.4 is 21.7 Å². The van der Waals surface area contributed by atoms with Crippen molar-refractivity contribution in [2.24, 2.45) is 5.73 Å². The van der Waals surface area contributed by atoms with Gasteiger partial charge in [0, 0.05) is 6.42 Å². The maximum atomic E-state index is 13.1. The summed E-state index contributed by atoms with van der Waals surface area (Å²) in [7, 11) is 0. The largest absolute Gasteiger partial charge is 0.480 e. The number of nitrogens with two attached hydrogens (primary N) is 1. The van der Waals surface area contributed by atoms with Gasteiger partial charge in [0.15, 0.2) is 6.04 Å². The van der Waals surface area contributed by atoms with E-state index in [9.17, 15) is 34.5 Å². The number of aliphatic hydroxyl groups is 2. The molecule has 2 aromatic carbocycles. The van der Waals surface area contributed by atoms with Crippen LogP contribution in [0.2, 0.25) is 0 Å². The standard InChI is InChI=1S/C26H34N4O7/c1-15(31)21(29-23(33)19(27)13-17-9-5-3-6-10-17)25(35)28-20(14-18-11-7-4-8-12-18)24(34)30-22(16(2)32)26(36)37/h3-12,15-16,19-22,31-32H,13-14,27H2,1-2H3,(H,28,35)(H,29,33)(H,30,34)(H,36,37). The van der Waals surface area contributed by atoms with E-state index >= 15 is 0 Å². The zero-order chi connectivity index (χ0) is 27.5. The van der Waals surface area contributed by atoms with Crippen molar-refractivity contribution >= 4 is 23.7 Å². The predicted octanol–water partition coefficient (Wildman–Crippen LogP) is -0.900. The molecule has 0 bridgehead atoms. The van der Waals surface area contributed by atoms with Gasteiger partial charge in [-0.05, 0) is 31.4 Å². The van der Waals surface area contributed by atoms with Crippen LogP contribution in [0.25, 0.3) is 0 Å². The Morgan fingerprint density at radius 3 is 1.62 bits per heavy atom. The number of carboxylic acids is 1. The molecule has 6 atom stereocenters. The van der Waals surface area contributed by atoms with Crippen LogP contribution >= 0.6 is 0 Å². The third-order valence-corrected chi connectivity index (χ3v) is 5.66. The SMILES string of the molecule is CC(O)C(NC(=O)C(Cc1ccccc1)NC(=O)C(NC(=O)C(N)Cc1ccccc1)C(C)O)C(=O)O. The van der Waals surface area contributed by atoms with Crippen molar-refractivity contribution in [3.63, 3.8) is 0 Å². The highest BCUT2D eigenvalue weighted by Gasteiger charge is 2.33. The van der Waals surface area contributed by atoms with Gasteiger partial charge in [0.1, 0.15) is 12.1 Å². The lowest BCUT2D eigenvalue weighted by atomic mass is 10.0. The van der Waals surface area contributed by atoms with E-state index in [-0.39, 0.29) is 12.8 Å². The van der Waals surface area contributed by atoms with Crippen molar-refractivity contribution < 1.29 is 34.5 Å². The fraction of sp³-hybridized carbons (Fsp3) is 0.385. The molecule has 11 nitrogen and oxygen atoms in total. The van der Waals surface area contributed by atoms with E-state index in [0.29, 0.717) is 5.56 Å². The summed E-state index contributed by atoms with van der Waals surface area (Å²) in [6.45, 7) is 2.51. The molecule has 3 amide bonds. The van der Waals surface area contributed by atoms with Crippen molar-refractivity contribution in [1.29, 1.82) is 0 Å². The molecule has 0 aliphatic rings. The molecule has 2 rings (SSSR count). The van der Waals surface area contributed by atoms with Gasteiger partial charge in [0.2, 0.25) is 17.7 Å². The number of carboxylic acid groups (broad SMARTS) is 1. The van der Waals surface area contributed by atoms with Gasteiger partial charge in [-0.3, -0.25) is 14.4 Å². The van der Waals surface area contributed by atoms with Gasteiger partial charge in [-0.25, -0.2) is 4.79 Å². The van der Waals surface area contributed by atoms with Crippen LogP contribution in [-0.4, -0.2) is 75.4 Å². The molecule has 8 N–H and O–H groups in total. The Kier molecular flexibility index (Phi) is 11.2. The summed E-state index contributed by atoms with van der Waals surface area (Å²) in [4.78, 5) is 50.2. The number of amides is 3. The molecule has 0 fully saturated rings. The molecule has 6 unspecified atom stereocenters. The number of hydrogen-bond donors (Lipinski definition) is 7. The normalized spacial score (nSPS) is 15.8. The van der Waals surface area contributed by atoms with E-state index in [4.69, 9.17) is 5.73 Å². The number of carbonyl (C=O) groups excluding carboxylic acids is 3. The first-order chi connectivity index (χ1) is 17.5. The Morgan fingerprint density at radius 1 is 0.703 bits per heavy atom. The number of rotatable bonds is 13. The average molecular weight is 515 g/mol. The minimum atomic E-state index is -1.61. The average Bonchev–Trinajstić information content (AvgIpc) is 2.85. The lowest BCUT2D eigenvalue weighted by molar-refractivity contribution is -0.145. The fourth-order valence-corrected chi connectivity index (χ4v) is 3.59. The Bertz CT molecular complexity index is 1050. The van der Waals surface area contributed by atoms with Crippen molar-refractivity contribution in [2.45, 2.75) is 63.1 Å². The summed E-state index contributed by atoms with van der Waals surface area (Å²) in [6, 6.07) is 12.4. The lowest BCUT2D eigenvalue weighted by Gasteiger charge is -2.27. The van der Waals surface area contributed by atoms with Crippen LogP contribution in [0.3, 0.4) is 0 Å². The molecule has 0 aromatic heterocycles. The molecular formula is C26H34N4O7. The highest BCUT2D eigenvalue weighted by Crippen LogP contribution is 2.07. The zero-order valence-corrected chi connectivity index (χ0v) is 20.7. The minimum Gasteiger partial charge on any atom is -0.480 e. The third kappa shape index (κ3) is 9.30. The third-order valence-electron chi connectivity index (χ3n) is 5.66. The first-order valence-corrected chi connectivity index (χ1v) is 11.8. The first-order valence-electron chi connectivity index (χ1n) is 11.8. The molecule has 0 spiro atoms. The van der Waals surface area contributed by atoms with Crippen LogP contribution in [0.4, 0.5) is 0 Å². The molecule has 0 heterocycles. The highest BCUT2D eigenvalue weighted by atomic mass is 16.4. The van der Waals surface area contributed by atoms with E-state index in [1.165, 1.54) is 13.8 Å². The monoisotopic (exact) mass is 514 g/mol. The predicted molar refractivity (Wildman–Crippen MR) is 135 cm³/mol. The van der Waals surface area contributed by atoms with Crippen molar-refractivity contribution in [3.8, 4) is 0 Å². The summed E-state index contributed by atoms with van der Waals surface area (Å²) in [6.07, 6.45) is -2.54. The molecular weight excluding hydrogens is 480 g/mol. The van der Waals surface area contributed by atoms with Gasteiger partial charge in [-0.1, -0.05) is 60.7 Å². The smallest absolute Gasteiger partial charge is 0.328 e. The zero-order valence-electron chi connectivity index (χ0n) is 20.7.